The number of nitro benzene ring substituents is 1. The van der Waals surface area contributed by atoms with Crippen LogP contribution in [0, 0.1) is 22.5 Å². The number of nitrogens with zero attached hydrogens (tertiary/aromatic N) is 1. The van der Waals surface area contributed by atoms with Gasteiger partial charge in [0.15, 0.2) is 0 Å². The maximum atomic E-state index is 10.5. The first kappa shape index (κ1) is 10.6. The summed E-state index contributed by atoms with van der Waals surface area (Å²) in [5, 5.41) is 11.0. The van der Waals surface area contributed by atoms with E-state index in [1.165, 1.54) is 18.2 Å². The minimum absolute atomic E-state index is 0.0430. The normalized spacial score (nSPS) is 9.43. The van der Waals surface area contributed by atoms with Crippen LogP contribution in [0.25, 0.3) is 0 Å². The third-order valence-electron chi connectivity index (χ3n) is 1.78. The highest BCUT2D eigenvalue weighted by molar-refractivity contribution is 6.31. The van der Waals surface area contributed by atoms with Gasteiger partial charge in [-0.2, -0.15) is 0 Å². The average molecular weight is 210 g/mol. The van der Waals surface area contributed by atoms with E-state index in [4.69, 9.17) is 18.0 Å². The van der Waals surface area contributed by atoms with E-state index < -0.39 is 4.92 Å². The number of hydrogen-bond acceptors (Lipinski definition) is 2. The van der Waals surface area contributed by atoms with Crippen molar-refractivity contribution < 1.29 is 4.92 Å². The Morgan fingerprint density at radius 3 is 2.86 bits per heavy atom. The number of halogens is 1. The summed E-state index contributed by atoms with van der Waals surface area (Å²) in [7, 11) is 0. The lowest BCUT2D eigenvalue weighted by atomic mass is 10.1. The van der Waals surface area contributed by atoms with E-state index in [-0.39, 0.29) is 5.69 Å². The second-order valence-corrected chi connectivity index (χ2v) is 3.14. The molecule has 0 amide bonds. The van der Waals surface area contributed by atoms with Crippen LogP contribution in [0.5, 0.6) is 0 Å². The summed E-state index contributed by atoms with van der Waals surface area (Å²) in [4.78, 5) is 10.0. The maximum absolute atomic E-state index is 10.5. The van der Waals surface area contributed by atoms with Crippen LogP contribution in [0.2, 0.25) is 5.02 Å². The van der Waals surface area contributed by atoms with Gasteiger partial charge in [0.25, 0.3) is 5.69 Å². The predicted molar refractivity (Wildman–Crippen MR) is 55.3 cm³/mol. The predicted octanol–water partition coefficient (Wildman–Crippen LogP) is 2.81. The molecule has 1 aromatic rings. The van der Waals surface area contributed by atoms with Gasteiger partial charge in [-0.3, -0.25) is 10.1 Å². The van der Waals surface area contributed by atoms with Gasteiger partial charge in [-0.1, -0.05) is 11.6 Å². The molecule has 0 radical (unpaired) electrons. The first-order chi connectivity index (χ1) is 6.65. The molecule has 0 aliphatic rings. The summed E-state index contributed by atoms with van der Waals surface area (Å²) >= 11 is 5.85. The fraction of sp³-hybridized carbons (Fsp3) is 0.200. The van der Waals surface area contributed by atoms with Crippen LogP contribution in [0.1, 0.15) is 12.0 Å². The molecule has 0 saturated carbocycles. The van der Waals surface area contributed by atoms with Crippen molar-refractivity contribution in [2.45, 2.75) is 12.8 Å². The van der Waals surface area contributed by atoms with E-state index in [1.54, 1.807) is 0 Å². The summed E-state index contributed by atoms with van der Waals surface area (Å²) < 4.78 is 0. The van der Waals surface area contributed by atoms with Crippen molar-refractivity contribution in [2.24, 2.45) is 0 Å². The summed E-state index contributed by atoms with van der Waals surface area (Å²) in [5.74, 6) is 2.46. The third kappa shape index (κ3) is 2.48. The van der Waals surface area contributed by atoms with Crippen LogP contribution in [0.15, 0.2) is 18.2 Å². The molecule has 14 heavy (non-hydrogen) atoms. The second-order valence-electron chi connectivity index (χ2n) is 2.74. The second kappa shape index (κ2) is 4.64. The van der Waals surface area contributed by atoms with Gasteiger partial charge in [0.05, 0.1) is 4.92 Å². The van der Waals surface area contributed by atoms with Crippen molar-refractivity contribution in [2.75, 3.05) is 0 Å². The summed E-state index contributed by atoms with van der Waals surface area (Å²) in [6.07, 6.45) is 6.19. The van der Waals surface area contributed by atoms with Gasteiger partial charge >= 0.3 is 0 Å². The largest absolute Gasteiger partial charge is 0.269 e. The Balaban J connectivity index is 2.97. The van der Waals surface area contributed by atoms with Crippen molar-refractivity contribution in [3.8, 4) is 12.3 Å². The molecule has 0 fully saturated rings. The van der Waals surface area contributed by atoms with Crippen LogP contribution >= 0.6 is 11.6 Å². The topological polar surface area (TPSA) is 43.1 Å². The number of non-ortho nitro benzene ring substituents is 1. The van der Waals surface area contributed by atoms with Gasteiger partial charge in [-0.05, 0) is 18.1 Å². The molecule has 0 spiro atoms. The fourth-order valence-corrected chi connectivity index (χ4v) is 1.29. The summed E-state index contributed by atoms with van der Waals surface area (Å²) in [5.41, 5.74) is 0.764. The number of hydrogen-bond donors (Lipinski definition) is 0. The number of benzene rings is 1. The molecule has 0 unspecified atom stereocenters. The van der Waals surface area contributed by atoms with Gasteiger partial charge in [0.1, 0.15) is 0 Å². The number of terminal acetylenes is 1. The molecule has 0 atom stereocenters. The van der Waals surface area contributed by atoms with E-state index >= 15 is 0 Å². The lowest BCUT2D eigenvalue weighted by Gasteiger charge is -2.00. The van der Waals surface area contributed by atoms with E-state index in [0.29, 0.717) is 17.9 Å². The third-order valence-corrected chi connectivity index (χ3v) is 2.15. The smallest absolute Gasteiger partial charge is 0.258 e. The van der Waals surface area contributed by atoms with Crippen LogP contribution < -0.4 is 0 Å². The van der Waals surface area contributed by atoms with E-state index in [2.05, 4.69) is 5.92 Å². The minimum Gasteiger partial charge on any atom is -0.258 e. The maximum Gasteiger partial charge on any atom is 0.269 e. The molecule has 0 aliphatic carbocycles. The first-order valence-corrected chi connectivity index (χ1v) is 4.39. The number of aryl methyl sites for hydroxylation is 1. The zero-order chi connectivity index (χ0) is 10.6. The van der Waals surface area contributed by atoms with Gasteiger partial charge < -0.3 is 0 Å². The summed E-state index contributed by atoms with van der Waals surface area (Å²) in [6.45, 7) is 0. The van der Waals surface area contributed by atoms with Crippen LogP contribution in [-0.2, 0) is 6.42 Å². The highest BCUT2D eigenvalue weighted by Crippen LogP contribution is 2.22. The SMILES string of the molecule is C#CCCc1cc([N+](=O)[O-])ccc1Cl. The standard InChI is InChI=1S/C10H8ClNO2/c1-2-3-4-8-7-9(12(13)14)5-6-10(8)11/h1,5-7H,3-4H2. The Hall–Kier alpha value is -1.53. The highest BCUT2D eigenvalue weighted by Gasteiger charge is 2.08. The van der Waals surface area contributed by atoms with Crippen LogP contribution in [-0.4, -0.2) is 4.92 Å². The molecule has 0 bridgehead atoms. The number of rotatable bonds is 3. The lowest BCUT2D eigenvalue weighted by Crippen LogP contribution is -1.91. The monoisotopic (exact) mass is 209 g/mol. The quantitative estimate of drug-likeness (QED) is 0.437. The van der Waals surface area contributed by atoms with Crippen molar-refractivity contribution in [3.63, 3.8) is 0 Å². The van der Waals surface area contributed by atoms with Crippen molar-refractivity contribution in [1.82, 2.24) is 0 Å². The minimum atomic E-state index is -0.449. The highest BCUT2D eigenvalue weighted by atomic mass is 35.5. The van der Waals surface area contributed by atoms with E-state index in [9.17, 15) is 10.1 Å². The Morgan fingerprint density at radius 2 is 2.29 bits per heavy atom. The summed E-state index contributed by atoms with van der Waals surface area (Å²) in [6, 6.07) is 4.35. The zero-order valence-corrected chi connectivity index (χ0v) is 8.12. The zero-order valence-electron chi connectivity index (χ0n) is 7.37. The molecule has 72 valence electrons. The van der Waals surface area contributed by atoms with Gasteiger partial charge in [0, 0.05) is 23.6 Å². The van der Waals surface area contributed by atoms with Crippen LogP contribution in [0.3, 0.4) is 0 Å². The first-order valence-electron chi connectivity index (χ1n) is 4.01. The molecule has 1 aromatic carbocycles. The Bertz CT molecular complexity index is 396. The molecule has 0 saturated heterocycles. The van der Waals surface area contributed by atoms with Gasteiger partial charge in [-0.25, -0.2) is 0 Å². The molecule has 0 aromatic heterocycles. The molecular weight excluding hydrogens is 202 g/mol. The average Bonchev–Trinajstić information content (AvgIpc) is 2.16. The lowest BCUT2D eigenvalue weighted by molar-refractivity contribution is -0.384. The number of nitro groups is 1. The molecule has 4 heteroatoms. The van der Waals surface area contributed by atoms with Gasteiger partial charge in [-0.15, -0.1) is 12.3 Å². The van der Waals surface area contributed by atoms with Crippen molar-refractivity contribution in [3.05, 3.63) is 38.9 Å². The molecule has 0 aliphatic heterocycles. The Kier molecular flexibility index (Phi) is 3.49. The molecule has 1 rings (SSSR count). The van der Waals surface area contributed by atoms with Crippen molar-refractivity contribution in [1.29, 1.82) is 0 Å². The molecule has 0 N–H and O–H groups in total. The Morgan fingerprint density at radius 1 is 1.57 bits per heavy atom. The van der Waals surface area contributed by atoms with E-state index in [0.717, 1.165) is 5.56 Å². The molecule has 0 heterocycles. The van der Waals surface area contributed by atoms with Crippen molar-refractivity contribution >= 4 is 17.3 Å². The molecule has 3 nitrogen and oxygen atoms in total. The fourth-order valence-electron chi connectivity index (χ4n) is 1.07. The van der Waals surface area contributed by atoms with Gasteiger partial charge in [0.2, 0.25) is 0 Å². The van der Waals surface area contributed by atoms with Crippen LogP contribution in [0.4, 0.5) is 5.69 Å². The molecular formula is C10H8ClNO2. The van der Waals surface area contributed by atoms with E-state index in [1.807, 2.05) is 0 Å². The Labute approximate surface area is 86.8 Å².